The largest absolute Gasteiger partial charge is 0.374 e. The first-order valence-electron chi connectivity index (χ1n) is 6.51. The van der Waals surface area contributed by atoms with E-state index in [0.717, 1.165) is 38.6 Å². The van der Waals surface area contributed by atoms with Crippen LogP contribution in [0, 0.1) is 5.92 Å². The summed E-state index contributed by atoms with van der Waals surface area (Å²) in [5, 5.41) is 3.37. The molecule has 1 aliphatic heterocycles. The first-order chi connectivity index (χ1) is 8.22. The molecular weight excluding hydrogens is 226 g/mol. The average molecular weight is 250 g/mol. The number of halogens is 2. The van der Waals surface area contributed by atoms with Crippen LogP contribution in [0.5, 0.6) is 0 Å². The Bertz CT molecular complexity index is 185. The fraction of sp³-hybridized carbons (Fsp3) is 1.00. The van der Waals surface area contributed by atoms with Gasteiger partial charge < -0.3 is 15.0 Å². The summed E-state index contributed by atoms with van der Waals surface area (Å²) in [6.45, 7) is 7.14. The normalized spacial score (nSPS) is 19.1. The molecule has 1 N–H and O–H groups in total. The van der Waals surface area contributed by atoms with Gasteiger partial charge in [-0.3, -0.25) is 0 Å². The van der Waals surface area contributed by atoms with Crippen LogP contribution in [0.1, 0.15) is 19.8 Å². The van der Waals surface area contributed by atoms with Crippen molar-refractivity contribution in [3.63, 3.8) is 0 Å². The number of nitrogens with zero attached hydrogens (tertiary/aromatic N) is 1. The molecule has 0 amide bonds. The summed E-state index contributed by atoms with van der Waals surface area (Å²) in [7, 11) is 0. The first kappa shape index (κ1) is 14.8. The molecule has 1 saturated heterocycles. The molecule has 5 heteroatoms. The van der Waals surface area contributed by atoms with E-state index in [1.54, 1.807) is 0 Å². The van der Waals surface area contributed by atoms with Crippen LogP contribution in [0.3, 0.4) is 0 Å². The molecule has 0 aromatic rings. The van der Waals surface area contributed by atoms with E-state index in [9.17, 15) is 8.78 Å². The minimum atomic E-state index is -2.35. The van der Waals surface area contributed by atoms with E-state index in [1.807, 2.05) is 0 Å². The quantitative estimate of drug-likeness (QED) is 0.662. The molecule has 0 unspecified atom stereocenters. The number of alkyl halides is 2. The highest BCUT2D eigenvalue weighted by Gasteiger charge is 2.18. The summed E-state index contributed by atoms with van der Waals surface area (Å²) < 4.78 is 28.5. The van der Waals surface area contributed by atoms with Crippen LogP contribution in [0.25, 0.3) is 0 Å². The van der Waals surface area contributed by atoms with Crippen LogP contribution in [0.4, 0.5) is 8.78 Å². The van der Waals surface area contributed by atoms with Gasteiger partial charge in [0.2, 0.25) is 0 Å². The number of hydrogen-bond donors (Lipinski definition) is 1. The lowest BCUT2D eigenvalue weighted by molar-refractivity contribution is 0.00702. The van der Waals surface area contributed by atoms with Crippen molar-refractivity contribution < 1.29 is 13.5 Å². The minimum absolute atomic E-state index is 0.419. The van der Waals surface area contributed by atoms with E-state index in [-0.39, 0.29) is 0 Å². The number of ether oxygens (including phenoxy) is 1. The summed E-state index contributed by atoms with van der Waals surface area (Å²) >= 11 is 0. The van der Waals surface area contributed by atoms with Crippen LogP contribution >= 0.6 is 0 Å². The molecule has 1 heterocycles. The highest BCUT2D eigenvalue weighted by atomic mass is 19.3. The smallest absolute Gasteiger partial charge is 0.261 e. The number of hydrogen-bond acceptors (Lipinski definition) is 3. The molecule has 102 valence electrons. The van der Waals surface area contributed by atoms with Crippen LogP contribution in [-0.4, -0.2) is 57.3 Å². The Balaban J connectivity index is 1.99. The number of nitrogens with one attached hydrogen (secondary N) is 1. The second kappa shape index (κ2) is 8.78. The SMILES string of the molecule is CCNCC1CCN(CCOCC(F)F)CC1. The molecule has 0 atom stereocenters. The second-order valence-electron chi connectivity index (χ2n) is 4.56. The molecule has 1 fully saturated rings. The van der Waals surface area contributed by atoms with Crippen LogP contribution in [0.15, 0.2) is 0 Å². The standard InChI is InChI=1S/C12H24F2N2O/c1-2-15-9-11-3-5-16(6-4-11)7-8-17-10-12(13)14/h11-12,15H,2-10H2,1H3. The van der Waals surface area contributed by atoms with E-state index in [2.05, 4.69) is 17.1 Å². The van der Waals surface area contributed by atoms with Gasteiger partial charge in [0, 0.05) is 6.54 Å². The van der Waals surface area contributed by atoms with Crippen molar-refractivity contribution >= 4 is 0 Å². The van der Waals surface area contributed by atoms with Crippen LogP contribution in [-0.2, 0) is 4.74 Å². The van der Waals surface area contributed by atoms with Gasteiger partial charge in [0.15, 0.2) is 0 Å². The highest BCUT2D eigenvalue weighted by Crippen LogP contribution is 2.15. The molecule has 1 rings (SSSR count). The molecule has 0 aliphatic carbocycles. The van der Waals surface area contributed by atoms with E-state index >= 15 is 0 Å². The molecule has 0 saturated carbocycles. The third kappa shape index (κ3) is 6.91. The zero-order valence-corrected chi connectivity index (χ0v) is 10.6. The Morgan fingerprint density at radius 1 is 1.35 bits per heavy atom. The number of rotatable bonds is 8. The van der Waals surface area contributed by atoms with Gasteiger partial charge in [-0.1, -0.05) is 6.92 Å². The van der Waals surface area contributed by atoms with Crippen molar-refractivity contribution in [1.29, 1.82) is 0 Å². The van der Waals surface area contributed by atoms with Crippen molar-refractivity contribution in [1.82, 2.24) is 10.2 Å². The fourth-order valence-corrected chi connectivity index (χ4v) is 2.13. The molecule has 0 radical (unpaired) electrons. The van der Waals surface area contributed by atoms with Gasteiger partial charge >= 0.3 is 0 Å². The van der Waals surface area contributed by atoms with Crippen LogP contribution in [0.2, 0.25) is 0 Å². The Kier molecular flexibility index (Phi) is 7.64. The Labute approximate surface area is 103 Å². The lowest BCUT2D eigenvalue weighted by Gasteiger charge is -2.31. The molecule has 0 aromatic carbocycles. The van der Waals surface area contributed by atoms with Gasteiger partial charge in [0.1, 0.15) is 6.61 Å². The van der Waals surface area contributed by atoms with E-state index in [0.29, 0.717) is 6.61 Å². The number of likely N-dealkylation sites (tertiary alicyclic amines) is 1. The van der Waals surface area contributed by atoms with Gasteiger partial charge in [0.05, 0.1) is 6.61 Å². The Hall–Kier alpha value is -0.260. The number of piperidine rings is 1. The zero-order chi connectivity index (χ0) is 12.5. The van der Waals surface area contributed by atoms with E-state index < -0.39 is 13.0 Å². The lowest BCUT2D eigenvalue weighted by Crippen LogP contribution is -2.39. The van der Waals surface area contributed by atoms with Crippen molar-refractivity contribution in [2.24, 2.45) is 5.92 Å². The maximum atomic E-state index is 11.8. The van der Waals surface area contributed by atoms with Crippen molar-refractivity contribution in [3.05, 3.63) is 0 Å². The summed E-state index contributed by atoms with van der Waals surface area (Å²) in [5.41, 5.74) is 0. The van der Waals surface area contributed by atoms with Gasteiger partial charge in [-0.05, 0) is 44.9 Å². The summed E-state index contributed by atoms with van der Waals surface area (Å²) in [6, 6.07) is 0. The molecule has 0 aromatic heterocycles. The van der Waals surface area contributed by atoms with Gasteiger partial charge in [-0.25, -0.2) is 8.78 Å². The third-order valence-electron chi connectivity index (χ3n) is 3.19. The maximum Gasteiger partial charge on any atom is 0.261 e. The maximum absolute atomic E-state index is 11.8. The summed E-state index contributed by atoms with van der Waals surface area (Å²) in [4.78, 5) is 2.30. The van der Waals surface area contributed by atoms with Gasteiger partial charge in [-0.15, -0.1) is 0 Å². The Morgan fingerprint density at radius 3 is 2.65 bits per heavy atom. The molecule has 0 bridgehead atoms. The summed E-state index contributed by atoms with van der Waals surface area (Å²) in [5.74, 6) is 0.771. The van der Waals surface area contributed by atoms with Crippen molar-refractivity contribution in [3.8, 4) is 0 Å². The molecular formula is C12H24F2N2O. The second-order valence-corrected chi connectivity index (χ2v) is 4.56. The van der Waals surface area contributed by atoms with E-state index in [4.69, 9.17) is 4.74 Å². The highest BCUT2D eigenvalue weighted by molar-refractivity contribution is 4.73. The molecule has 17 heavy (non-hydrogen) atoms. The first-order valence-corrected chi connectivity index (χ1v) is 6.51. The Morgan fingerprint density at radius 2 is 2.06 bits per heavy atom. The van der Waals surface area contributed by atoms with Crippen LogP contribution < -0.4 is 5.32 Å². The van der Waals surface area contributed by atoms with Gasteiger partial charge in [0.25, 0.3) is 6.43 Å². The molecule has 0 spiro atoms. The fourth-order valence-electron chi connectivity index (χ4n) is 2.13. The topological polar surface area (TPSA) is 24.5 Å². The predicted octanol–water partition coefficient (Wildman–Crippen LogP) is 1.59. The minimum Gasteiger partial charge on any atom is -0.374 e. The predicted molar refractivity (Wildman–Crippen MR) is 64.5 cm³/mol. The average Bonchev–Trinajstić information content (AvgIpc) is 2.33. The third-order valence-corrected chi connectivity index (χ3v) is 3.19. The monoisotopic (exact) mass is 250 g/mol. The zero-order valence-electron chi connectivity index (χ0n) is 10.6. The molecule has 1 aliphatic rings. The van der Waals surface area contributed by atoms with E-state index in [1.165, 1.54) is 12.8 Å². The lowest BCUT2D eigenvalue weighted by atomic mass is 9.97. The molecule has 3 nitrogen and oxygen atoms in total. The van der Waals surface area contributed by atoms with Gasteiger partial charge in [-0.2, -0.15) is 0 Å². The van der Waals surface area contributed by atoms with Crippen molar-refractivity contribution in [2.75, 3.05) is 45.9 Å². The summed E-state index contributed by atoms with van der Waals surface area (Å²) in [6.07, 6.45) is 0.0461. The van der Waals surface area contributed by atoms with Crippen molar-refractivity contribution in [2.45, 2.75) is 26.2 Å².